The maximum atomic E-state index is 5.95. The number of halogens is 2. The van der Waals surface area contributed by atoms with Gasteiger partial charge in [0.2, 0.25) is 0 Å². The van der Waals surface area contributed by atoms with E-state index in [4.69, 9.17) is 9.47 Å². The van der Waals surface area contributed by atoms with Crippen LogP contribution in [0.4, 0.5) is 0 Å². The molecule has 0 fully saturated rings. The molecule has 0 bridgehead atoms. The third kappa shape index (κ3) is 22.4. The standard InChI is InChI=1S/C36H62N2O2.2BrH/c1-3-5-7-9-11-13-15-19-27-37-29-23-35(24-30-37)39-33-21-17-18-22-34-40-36-25-31-38(32-26-36)28-20-16-14-12-10-8-6-4-2;;/h23-26,29-32H,3-22,27-28,33-34H2,1-2H3;2*1H/q+2;;/p-2. The summed E-state index contributed by atoms with van der Waals surface area (Å²) in [6, 6.07) is 8.44. The highest BCUT2D eigenvalue weighted by atomic mass is 79.9. The van der Waals surface area contributed by atoms with Crippen LogP contribution in [-0.4, -0.2) is 13.2 Å². The summed E-state index contributed by atoms with van der Waals surface area (Å²) in [7, 11) is 0. The van der Waals surface area contributed by atoms with Crippen molar-refractivity contribution >= 4 is 0 Å². The minimum Gasteiger partial charge on any atom is -1.00 e. The summed E-state index contributed by atoms with van der Waals surface area (Å²) < 4.78 is 16.5. The Labute approximate surface area is 280 Å². The van der Waals surface area contributed by atoms with Crippen molar-refractivity contribution in [1.82, 2.24) is 0 Å². The Bertz CT molecular complexity index is 749. The first-order valence-electron chi connectivity index (χ1n) is 17.1. The lowest BCUT2D eigenvalue weighted by atomic mass is 10.1. The van der Waals surface area contributed by atoms with E-state index in [1.807, 2.05) is 0 Å². The van der Waals surface area contributed by atoms with Crippen molar-refractivity contribution < 1.29 is 52.6 Å². The zero-order valence-electron chi connectivity index (χ0n) is 27.1. The zero-order chi connectivity index (χ0) is 28.4. The topological polar surface area (TPSA) is 26.2 Å². The second-order valence-corrected chi connectivity index (χ2v) is 11.6. The van der Waals surface area contributed by atoms with Gasteiger partial charge in [-0.25, -0.2) is 9.13 Å². The number of ether oxygens (including phenoxy) is 2. The maximum absolute atomic E-state index is 5.95. The van der Waals surface area contributed by atoms with E-state index < -0.39 is 0 Å². The van der Waals surface area contributed by atoms with Crippen LogP contribution in [0.25, 0.3) is 0 Å². The molecule has 0 unspecified atom stereocenters. The van der Waals surface area contributed by atoms with E-state index in [0.717, 1.165) is 50.6 Å². The summed E-state index contributed by atoms with van der Waals surface area (Å²) in [5, 5.41) is 0. The van der Waals surface area contributed by atoms with Crippen molar-refractivity contribution in [2.24, 2.45) is 0 Å². The Morgan fingerprint density at radius 2 is 0.690 bits per heavy atom. The lowest BCUT2D eigenvalue weighted by Crippen LogP contribution is -3.00. The average molecular weight is 715 g/mol. The molecule has 0 aliphatic rings. The van der Waals surface area contributed by atoms with Crippen molar-refractivity contribution in [3.8, 4) is 11.5 Å². The molecule has 6 heteroatoms. The number of pyridine rings is 2. The second-order valence-electron chi connectivity index (χ2n) is 11.6. The zero-order valence-corrected chi connectivity index (χ0v) is 30.2. The molecule has 0 radical (unpaired) electrons. The molecule has 0 amide bonds. The first kappa shape index (κ1) is 40.9. The van der Waals surface area contributed by atoms with Gasteiger partial charge in [0, 0.05) is 37.1 Å². The van der Waals surface area contributed by atoms with Crippen molar-refractivity contribution in [3.63, 3.8) is 0 Å². The first-order chi connectivity index (χ1) is 19.8. The van der Waals surface area contributed by atoms with Gasteiger partial charge < -0.3 is 43.4 Å². The van der Waals surface area contributed by atoms with Crippen LogP contribution in [-0.2, 0) is 13.1 Å². The summed E-state index contributed by atoms with van der Waals surface area (Å²) in [5.74, 6) is 1.97. The van der Waals surface area contributed by atoms with Crippen LogP contribution in [0.3, 0.4) is 0 Å². The summed E-state index contributed by atoms with van der Waals surface area (Å²) in [6.07, 6.45) is 35.1. The second kappa shape index (κ2) is 29.9. The van der Waals surface area contributed by atoms with E-state index in [-0.39, 0.29) is 34.0 Å². The number of nitrogens with zero attached hydrogens (tertiary/aromatic N) is 2. The Kier molecular flexibility index (Phi) is 29.1. The molecule has 0 saturated heterocycles. The summed E-state index contributed by atoms with van der Waals surface area (Å²) in [5.41, 5.74) is 0. The lowest BCUT2D eigenvalue weighted by Gasteiger charge is -2.07. The molecule has 0 spiro atoms. The monoisotopic (exact) mass is 712 g/mol. The molecule has 242 valence electrons. The number of aryl methyl sites for hydroxylation is 2. The molecule has 0 saturated carbocycles. The van der Waals surface area contributed by atoms with Gasteiger partial charge in [-0.3, -0.25) is 0 Å². The third-order valence-corrected chi connectivity index (χ3v) is 7.84. The molecule has 0 aliphatic carbocycles. The average Bonchev–Trinajstić information content (AvgIpc) is 2.98. The number of aromatic nitrogens is 2. The highest BCUT2D eigenvalue weighted by molar-refractivity contribution is 5.15. The molecule has 2 aromatic rings. The molecule has 4 nitrogen and oxygen atoms in total. The minimum absolute atomic E-state index is 0. The van der Waals surface area contributed by atoms with Crippen LogP contribution in [0.1, 0.15) is 142 Å². The van der Waals surface area contributed by atoms with E-state index in [1.165, 1.54) is 116 Å². The Hall–Kier alpha value is -1.14. The Morgan fingerprint density at radius 3 is 1.02 bits per heavy atom. The van der Waals surface area contributed by atoms with Crippen LogP contribution >= 0.6 is 0 Å². The predicted octanol–water partition coefficient (Wildman–Crippen LogP) is 3.57. The minimum atomic E-state index is 0. The molecule has 42 heavy (non-hydrogen) atoms. The van der Waals surface area contributed by atoms with E-state index in [2.05, 4.69) is 72.0 Å². The van der Waals surface area contributed by atoms with Crippen LogP contribution in [0.2, 0.25) is 0 Å². The van der Waals surface area contributed by atoms with Gasteiger partial charge in [0.1, 0.15) is 24.6 Å². The smallest absolute Gasteiger partial charge is 0.172 e. The highest BCUT2D eigenvalue weighted by Crippen LogP contribution is 2.12. The molecule has 0 aromatic carbocycles. The highest BCUT2D eigenvalue weighted by Gasteiger charge is 2.04. The molecule has 0 aliphatic heterocycles. The van der Waals surface area contributed by atoms with Gasteiger partial charge in [-0.05, 0) is 38.5 Å². The fourth-order valence-corrected chi connectivity index (χ4v) is 5.17. The number of rotatable bonds is 27. The molecule has 2 aromatic heterocycles. The maximum Gasteiger partial charge on any atom is 0.172 e. The third-order valence-electron chi connectivity index (χ3n) is 7.84. The summed E-state index contributed by atoms with van der Waals surface area (Å²) >= 11 is 0. The van der Waals surface area contributed by atoms with E-state index in [9.17, 15) is 0 Å². The van der Waals surface area contributed by atoms with Crippen molar-refractivity contribution in [2.75, 3.05) is 13.2 Å². The van der Waals surface area contributed by atoms with Crippen LogP contribution in [0.15, 0.2) is 49.1 Å². The van der Waals surface area contributed by atoms with Gasteiger partial charge in [-0.2, -0.15) is 0 Å². The van der Waals surface area contributed by atoms with E-state index >= 15 is 0 Å². The quantitative estimate of drug-likeness (QED) is 0.105. The van der Waals surface area contributed by atoms with Gasteiger partial charge in [-0.1, -0.05) is 90.9 Å². The molecule has 2 heterocycles. The van der Waals surface area contributed by atoms with Crippen molar-refractivity contribution in [2.45, 2.75) is 155 Å². The molecule has 0 atom stereocenters. The summed E-state index contributed by atoms with van der Waals surface area (Å²) in [6.45, 7) is 8.37. The number of unbranched alkanes of at least 4 members (excludes halogenated alkanes) is 17. The normalized spacial score (nSPS) is 10.6. The van der Waals surface area contributed by atoms with Gasteiger partial charge in [0.15, 0.2) is 24.8 Å². The molecular formula is C36H62Br2N2O2. The molecule has 2 rings (SSSR count). The van der Waals surface area contributed by atoms with Crippen LogP contribution in [0.5, 0.6) is 11.5 Å². The van der Waals surface area contributed by atoms with Crippen molar-refractivity contribution in [3.05, 3.63) is 49.1 Å². The lowest BCUT2D eigenvalue weighted by molar-refractivity contribution is -0.697. The fraction of sp³-hybridized carbons (Fsp3) is 0.722. The van der Waals surface area contributed by atoms with E-state index in [1.54, 1.807) is 0 Å². The molecule has 0 N–H and O–H groups in total. The first-order valence-corrected chi connectivity index (χ1v) is 17.1. The van der Waals surface area contributed by atoms with E-state index in [0.29, 0.717) is 0 Å². The number of hydrogen-bond donors (Lipinski definition) is 0. The Morgan fingerprint density at radius 1 is 0.405 bits per heavy atom. The van der Waals surface area contributed by atoms with Crippen LogP contribution < -0.4 is 52.6 Å². The number of hydrogen-bond acceptors (Lipinski definition) is 2. The van der Waals surface area contributed by atoms with Gasteiger partial charge in [0.25, 0.3) is 0 Å². The largest absolute Gasteiger partial charge is 1.00 e. The predicted molar refractivity (Wildman–Crippen MR) is 168 cm³/mol. The summed E-state index contributed by atoms with van der Waals surface area (Å²) in [4.78, 5) is 0. The van der Waals surface area contributed by atoms with Crippen LogP contribution in [0, 0.1) is 0 Å². The van der Waals surface area contributed by atoms with Gasteiger partial charge >= 0.3 is 0 Å². The van der Waals surface area contributed by atoms with Gasteiger partial charge in [-0.15, -0.1) is 0 Å². The fourth-order valence-electron chi connectivity index (χ4n) is 5.17. The SMILES string of the molecule is CCCCCCCCCC[n+]1ccc(OCCCCCCOc2cc[n+](CCCCCCCCCC)cc2)cc1.[Br-].[Br-]. The Balaban J connectivity index is 0.00000840. The van der Waals surface area contributed by atoms with Gasteiger partial charge in [0.05, 0.1) is 13.2 Å². The van der Waals surface area contributed by atoms with Crippen molar-refractivity contribution in [1.29, 1.82) is 0 Å². The molecular weight excluding hydrogens is 652 g/mol.